The van der Waals surface area contributed by atoms with Gasteiger partial charge in [0.2, 0.25) is 0 Å². The number of allylic oxidation sites excluding steroid dienone is 1. The van der Waals surface area contributed by atoms with Crippen LogP contribution in [0.2, 0.25) is 0 Å². The molecule has 136 valence electrons. The van der Waals surface area contributed by atoms with Crippen LogP contribution in [0.5, 0.6) is 5.75 Å². The number of para-hydroxylation sites is 1. The first-order valence-electron chi connectivity index (χ1n) is 8.51. The summed E-state index contributed by atoms with van der Waals surface area (Å²) >= 11 is 2.82. The van der Waals surface area contributed by atoms with Crippen molar-refractivity contribution < 1.29 is 9.53 Å². The van der Waals surface area contributed by atoms with Gasteiger partial charge in [-0.1, -0.05) is 29.5 Å². The molecule has 0 aliphatic carbocycles. The predicted octanol–water partition coefficient (Wildman–Crippen LogP) is 4.64. The number of carbonyl (C=O) groups excluding carboxylic acids is 1. The highest BCUT2D eigenvalue weighted by Crippen LogP contribution is 2.24. The van der Waals surface area contributed by atoms with Gasteiger partial charge in [-0.15, -0.1) is 17.9 Å². The minimum absolute atomic E-state index is 0.328. The number of hydrogen-bond acceptors (Lipinski definition) is 5. The number of carbonyl (C=O) groups is 1. The standard InChI is InChI=1S/C20H17N3O2S2/c1-3-11-23-15-10-9-13(25-4-2)12-17(15)27-20(23)22-18(24)19-21-14-7-5-6-8-16(14)26-19/h3,5-10,12H,1,4,11H2,2H3. The number of aromatic nitrogens is 2. The van der Waals surface area contributed by atoms with Gasteiger partial charge >= 0.3 is 5.91 Å². The van der Waals surface area contributed by atoms with E-state index in [1.54, 1.807) is 6.08 Å². The van der Waals surface area contributed by atoms with Crippen LogP contribution in [0.25, 0.3) is 20.4 Å². The molecule has 0 radical (unpaired) electrons. The molecule has 0 spiro atoms. The number of fused-ring (bicyclic) bond motifs is 2. The summed E-state index contributed by atoms with van der Waals surface area (Å²) in [6.07, 6.45) is 1.80. The third-order valence-corrected chi connectivity index (χ3v) is 6.02. The van der Waals surface area contributed by atoms with Gasteiger partial charge in [0.15, 0.2) is 9.81 Å². The molecule has 0 saturated heterocycles. The molecule has 2 aromatic heterocycles. The Balaban J connectivity index is 1.81. The molecular weight excluding hydrogens is 378 g/mol. The van der Waals surface area contributed by atoms with Crippen LogP contribution in [-0.2, 0) is 6.54 Å². The van der Waals surface area contributed by atoms with E-state index in [1.165, 1.54) is 22.7 Å². The molecule has 27 heavy (non-hydrogen) atoms. The molecule has 0 bridgehead atoms. The number of thiazole rings is 2. The molecule has 0 unspecified atom stereocenters. The minimum atomic E-state index is -0.328. The van der Waals surface area contributed by atoms with Gasteiger partial charge < -0.3 is 9.30 Å². The summed E-state index contributed by atoms with van der Waals surface area (Å²) in [6.45, 7) is 6.95. The Hall–Kier alpha value is -2.77. The molecule has 0 fully saturated rings. The molecule has 0 atom stereocenters. The largest absolute Gasteiger partial charge is 0.494 e. The Kier molecular flexibility index (Phi) is 4.87. The molecule has 1 amide bonds. The first-order valence-corrected chi connectivity index (χ1v) is 10.1. The lowest BCUT2D eigenvalue weighted by Crippen LogP contribution is -2.16. The quantitative estimate of drug-likeness (QED) is 0.463. The zero-order valence-corrected chi connectivity index (χ0v) is 16.3. The molecule has 4 rings (SSSR count). The van der Waals surface area contributed by atoms with E-state index in [0.717, 1.165) is 26.2 Å². The topological polar surface area (TPSA) is 56.5 Å². The molecule has 0 aliphatic rings. The Bertz CT molecular complexity index is 1180. The highest BCUT2D eigenvalue weighted by atomic mass is 32.1. The molecule has 0 N–H and O–H groups in total. The number of benzene rings is 2. The van der Waals surface area contributed by atoms with Gasteiger partial charge in [0, 0.05) is 6.54 Å². The summed E-state index contributed by atoms with van der Waals surface area (Å²) < 4.78 is 9.55. The molecule has 2 aromatic carbocycles. The van der Waals surface area contributed by atoms with Gasteiger partial charge in [0.1, 0.15) is 5.75 Å². The first-order chi connectivity index (χ1) is 13.2. The van der Waals surface area contributed by atoms with Gasteiger partial charge in [0.05, 0.1) is 27.0 Å². The van der Waals surface area contributed by atoms with E-state index in [4.69, 9.17) is 4.74 Å². The maximum atomic E-state index is 12.7. The minimum Gasteiger partial charge on any atom is -0.494 e. The third kappa shape index (κ3) is 3.43. The smallest absolute Gasteiger partial charge is 0.308 e. The van der Waals surface area contributed by atoms with Crippen LogP contribution in [0.15, 0.2) is 60.1 Å². The Morgan fingerprint density at radius 3 is 2.89 bits per heavy atom. The van der Waals surface area contributed by atoms with E-state index in [1.807, 2.05) is 54.0 Å². The van der Waals surface area contributed by atoms with E-state index in [9.17, 15) is 4.79 Å². The molecule has 4 aromatic rings. The Labute approximate surface area is 163 Å². The maximum Gasteiger partial charge on any atom is 0.308 e. The lowest BCUT2D eigenvalue weighted by molar-refractivity contribution is 0.0997. The van der Waals surface area contributed by atoms with E-state index < -0.39 is 0 Å². The second-order valence-electron chi connectivity index (χ2n) is 5.75. The second-order valence-corrected chi connectivity index (χ2v) is 7.79. The maximum absolute atomic E-state index is 12.7. The molecule has 5 nitrogen and oxygen atoms in total. The van der Waals surface area contributed by atoms with Gasteiger partial charge in [-0.2, -0.15) is 4.99 Å². The summed E-state index contributed by atoms with van der Waals surface area (Å²) in [4.78, 5) is 22.1. The van der Waals surface area contributed by atoms with Crippen LogP contribution in [0.1, 0.15) is 16.7 Å². The average Bonchev–Trinajstić information content (AvgIpc) is 3.24. The van der Waals surface area contributed by atoms with Gasteiger partial charge in [-0.3, -0.25) is 4.79 Å². The zero-order valence-electron chi connectivity index (χ0n) is 14.7. The Morgan fingerprint density at radius 1 is 1.26 bits per heavy atom. The fraction of sp³-hybridized carbons (Fsp3) is 0.150. The fourth-order valence-electron chi connectivity index (χ4n) is 2.80. The lowest BCUT2D eigenvalue weighted by atomic mass is 10.3. The van der Waals surface area contributed by atoms with Crippen molar-refractivity contribution in [1.82, 2.24) is 9.55 Å². The second kappa shape index (κ2) is 7.46. The van der Waals surface area contributed by atoms with Gasteiger partial charge in [-0.05, 0) is 37.3 Å². The van der Waals surface area contributed by atoms with Crippen molar-refractivity contribution >= 4 is 49.0 Å². The number of nitrogens with zero attached hydrogens (tertiary/aromatic N) is 3. The number of hydrogen-bond donors (Lipinski definition) is 0. The van der Waals surface area contributed by atoms with Crippen LogP contribution in [0, 0.1) is 0 Å². The molecule has 7 heteroatoms. The highest BCUT2D eigenvalue weighted by molar-refractivity contribution is 7.20. The monoisotopic (exact) mass is 395 g/mol. The van der Waals surface area contributed by atoms with Crippen LogP contribution in [-0.4, -0.2) is 22.1 Å². The summed E-state index contributed by atoms with van der Waals surface area (Å²) in [5.41, 5.74) is 1.82. The van der Waals surface area contributed by atoms with Crippen molar-refractivity contribution in [2.45, 2.75) is 13.5 Å². The van der Waals surface area contributed by atoms with Crippen molar-refractivity contribution in [1.29, 1.82) is 0 Å². The van der Waals surface area contributed by atoms with Crippen LogP contribution in [0.3, 0.4) is 0 Å². The molecular formula is C20H17N3O2S2. The first kappa shape index (κ1) is 17.6. The lowest BCUT2D eigenvalue weighted by Gasteiger charge is -2.04. The molecule has 0 saturated carbocycles. The summed E-state index contributed by atoms with van der Waals surface area (Å²) in [7, 11) is 0. The van der Waals surface area contributed by atoms with Crippen LogP contribution in [0.4, 0.5) is 0 Å². The number of ether oxygens (including phenoxy) is 1. The van der Waals surface area contributed by atoms with Gasteiger partial charge in [0.25, 0.3) is 0 Å². The highest BCUT2D eigenvalue weighted by Gasteiger charge is 2.13. The van der Waals surface area contributed by atoms with E-state index in [-0.39, 0.29) is 5.91 Å². The predicted molar refractivity (Wildman–Crippen MR) is 111 cm³/mol. The van der Waals surface area contributed by atoms with Crippen LogP contribution >= 0.6 is 22.7 Å². The molecule has 0 aliphatic heterocycles. The summed E-state index contributed by atoms with van der Waals surface area (Å²) in [5.74, 6) is 0.478. The van der Waals surface area contributed by atoms with E-state index >= 15 is 0 Å². The number of amides is 1. The van der Waals surface area contributed by atoms with Crippen LogP contribution < -0.4 is 9.54 Å². The summed E-state index contributed by atoms with van der Waals surface area (Å²) in [6, 6.07) is 13.6. The molecule has 2 heterocycles. The zero-order chi connectivity index (χ0) is 18.8. The van der Waals surface area contributed by atoms with Crippen molar-refractivity contribution in [3.63, 3.8) is 0 Å². The average molecular weight is 396 g/mol. The van der Waals surface area contributed by atoms with E-state index in [0.29, 0.717) is 23.0 Å². The number of rotatable bonds is 5. The van der Waals surface area contributed by atoms with Crippen molar-refractivity contribution in [2.75, 3.05) is 6.61 Å². The van der Waals surface area contributed by atoms with E-state index in [2.05, 4.69) is 16.6 Å². The van der Waals surface area contributed by atoms with Crippen molar-refractivity contribution in [3.8, 4) is 5.75 Å². The van der Waals surface area contributed by atoms with Gasteiger partial charge in [-0.25, -0.2) is 4.98 Å². The fourth-order valence-corrected chi connectivity index (χ4v) is 4.72. The Morgan fingerprint density at radius 2 is 2.11 bits per heavy atom. The SMILES string of the molecule is C=CCn1c(=NC(=O)c2nc3ccccc3s2)sc2cc(OCC)ccc21. The van der Waals surface area contributed by atoms with Crippen molar-refractivity contribution in [3.05, 3.63) is 64.9 Å². The third-order valence-electron chi connectivity index (χ3n) is 3.95. The van der Waals surface area contributed by atoms with Crippen molar-refractivity contribution in [2.24, 2.45) is 4.99 Å². The summed E-state index contributed by atoms with van der Waals surface area (Å²) in [5, 5.41) is 0.397. The normalized spacial score (nSPS) is 12.0.